The van der Waals surface area contributed by atoms with Crippen molar-refractivity contribution >= 4 is 17.3 Å². The molecule has 0 unspecified atom stereocenters. The van der Waals surface area contributed by atoms with Crippen molar-refractivity contribution in [2.24, 2.45) is 0 Å². The molecule has 0 aromatic carbocycles. The second-order valence-electron chi connectivity index (χ2n) is 6.69. The lowest BCUT2D eigenvalue weighted by Crippen LogP contribution is -2.34. The largest absolute Gasteiger partial charge is 0.493 e. The van der Waals surface area contributed by atoms with Gasteiger partial charge in [-0.3, -0.25) is 4.90 Å². The van der Waals surface area contributed by atoms with Gasteiger partial charge in [0.05, 0.1) is 10.6 Å². The third-order valence-corrected chi connectivity index (χ3v) is 5.60. The number of hydrogen-bond donors (Lipinski definition) is 2. The summed E-state index contributed by atoms with van der Waals surface area (Å²) in [4.78, 5) is 21.1. The molecule has 2 N–H and O–H groups in total. The number of nitrogens with zero attached hydrogens (tertiary/aromatic N) is 5. The molecule has 0 spiro atoms. The van der Waals surface area contributed by atoms with Crippen LogP contribution in [0, 0.1) is 0 Å². The number of hydrogen-bond acceptors (Lipinski definition) is 8. The molecule has 1 fully saturated rings. The molecule has 8 heteroatoms. The van der Waals surface area contributed by atoms with E-state index in [0.717, 1.165) is 54.4 Å². The first-order valence-electron chi connectivity index (χ1n) is 9.04. The number of aromatic nitrogens is 4. The molecule has 140 valence electrons. The highest BCUT2D eigenvalue weighted by Gasteiger charge is 2.25. The van der Waals surface area contributed by atoms with Gasteiger partial charge < -0.3 is 10.4 Å². The van der Waals surface area contributed by atoms with E-state index >= 15 is 0 Å². The topological polar surface area (TPSA) is 87.1 Å². The standard InChI is InChI=1S/C19H22N6OS/c1-20-19-21-9-13(10-22-19)11-25-6-2-4-14(12-25)18-23-15(8-17(26)24-18)16-5-3-7-27-16/h3,5,7-10,14H,2,4,6,11-12H2,1H3,(H,20,21,22)(H,23,24,26)/t14-/m0/s1. The van der Waals surface area contributed by atoms with Gasteiger partial charge in [-0.05, 0) is 30.8 Å². The lowest BCUT2D eigenvalue weighted by Gasteiger charge is -2.31. The fourth-order valence-electron chi connectivity index (χ4n) is 3.42. The van der Waals surface area contributed by atoms with Gasteiger partial charge in [0.25, 0.3) is 0 Å². The number of anilines is 1. The van der Waals surface area contributed by atoms with E-state index in [4.69, 9.17) is 4.98 Å². The van der Waals surface area contributed by atoms with Gasteiger partial charge in [0.1, 0.15) is 5.82 Å². The molecule has 0 bridgehead atoms. The lowest BCUT2D eigenvalue weighted by molar-refractivity contribution is 0.196. The highest BCUT2D eigenvalue weighted by Crippen LogP contribution is 2.30. The van der Waals surface area contributed by atoms with Crippen LogP contribution in [0.2, 0.25) is 0 Å². The van der Waals surface area contributed by atoms with E-state index in [0.29, 0.717) is 5.95 Å². The second kappa shape index (κ2) is 7.98. The Morgan fingerprint density at radius 2 is 2.15 bits per heavy atom. The van der Waals surface area contributed by atoms with E-state index in [-0.39, 0.29) is 11.8 Å². The Morgan fingerprint density at radius 3 is 2.89 bits per heavy atom. The number of nitrogens with one attached hydrogen (secondary N) is 1. The minimum absolute atomic E-state index is 0.0385. The quantitative estimate of drug-likeness (QED) is 0.701. The predicted octanol–water partition coefficient (Wildman–Crippen LogP) is 3.12. The summed E-state index contributed by atoms with van der Waals surface area (Å²) in [6.45, 7) is 2.69. The van der Waals surface area contributed by atoms with Crippen molar-refractivity contribution in [3.63, 3.8) is 0 Å². The van der Waals surface area contributed by atoms with Crippen molar-refractivity contribution in [2.45, 2.75) is 25.3 Å². The van der Waals surface area contributed by atoms with Crippen molar-refractivity contribution in [2.75, 3.05) is 25.5 Å². The summed E-state index contributed by atoms with van der Waals surface area (Å²) in [7, 11) is 1.81. The summed E-state index contributed by atoms with van der Waals surface area (Å²) < 4.78 is 0. The average Bonchev–Trinajstić information content (AvgIpc) is 3.23. The molecule has 1 saturated heterocycles. The number of likely N-dealkylation sites (tertiary alicyclic amines) is 1. The summed E-state index contributed by atoms with van der Waals surface area (Å²) in [6.07, 6.45) is 5.83. The Hall–Kier alpha value is -2.58. The molecule has 3 aromatic rings. The molecular weight excluding hydrogens is 360 g/mol. The van der Waals surface area contributed by atoms with E-state index in [1.165, 1.54) is 0 Å². The first-order chi connectivity index (χ1) is 13.2. The third-order valence-electron chi connectivity index (χ3n) is 4.71. The molecule has 0 saturated carbocycles. The van der Waals surface area contributed by atoms with E-state index in [1.807, 2.05) is 37.0 Å². The summed E-state index contributed by atoms with van der Waals surface area (Å²) in [5.41, 5.74) is 1.88. The number of thiophene rings is 1. The Bertz CT molecular complexity index is 884. The third kappa shape index (κ3) is 4.23. The van der Waals surface area contributed by atoms with Crippen LogP contribution in [0.5, 0.6) is 5.88 Å². The second-order valence-corrected chi connectivity index (χ2v) is 7.63. The molecule has 1 aliphatic heterocycles. The molecule has 3 aromatic heterocycles. The van der Waals surface area contributed by atoms with Gasteiger partial charge in [-0.25, -0.2) is 15.0 Å². The summed E-state index contributed by atoms with van der Waals surface area (Å²) in [5, 5.41) is 15.0. The van der Waals surface area contributed by atoms with Crippen molar-refractivity contribution in [1.29, 1.82) is 0 Å². The minimum Gasteiger partial charge on any atom is -0.493 e. The van der Waals surface area contributed by atoms with Crippen molar-refractivity contribution in [3.8, 4) is 16.5 Å². The van der Waals surface area contributed by atoms with E-state index in [2.05, 4.69) is 25.2 Å². The molecular formula is C19H22N6OS. The Labute approximate surface area is 162 Å². The average molecular weight is 382 g/mol. The maximum absolute atomic E-state index is 10.1. The van der Waals surface area contributed by atoms with Crippen LogP contribution < -0.4 is 5.32 Å². The molecule has 4 heterocycles. The predicted molar refractivity (Wildman–Crippen MR) is 106 cm³/mol. The minimum atomic E-state index is 0.0385. The zero-order valence-electron chi connectivity index (χ0n) is 15.2. The lowest BCUT2D eigenvalue weighted by atomic mass is 9.96. The zero-order chi connectivity index (χ0) is 18.6. The fraction of sp³-hybridized carbons (Fsp3) is 0.368. The Morgan fingerprint density at radius 1 is 1.30 bits per heavy atom. The molecule has 1 aliphatic rings. The van der Waals surface area contributed by atoms with Crippen LogP contribution in [0.15, 0.2) is 36.0 Å². The van der Waals surface area contributed by atoms with Crippen LogP contribution >= 0.6 is 11.3 Å². The summed E-state index contributed by atoms with van der Waals surface area (Å²) in [6, 6.07) is 5.64. The molecule has 27 heavy (non-hydrogen) atoms. The number of rotatable bonds is 5. The van der Waals surface area contributed by atoms with Crippen LogP contribution in [0.25, 0.3) is 10.6 Å². The van der Waals surface area contributed by atoms with Crippen molar-refractivity contribution in [1.82, 2.24) is 24.8 Å². The molecule has 0 amide bonds. The highest BCUT2D eigenvalue weighted by molar-refractivity contribution is 7.13. The Balaban J connectivity index is 1.49. The number of aromatic hydroxyl groups is 1. The molecule has 1 atom stereocenters. The maximum Gasteiger partial charge on any atom is 0.222 e. The highest BCUT2D eigenvalue weighted by atomic mass is 32.1. The maximum atomic E-state index is 10.1. The van der Waals surface area contributed by atoms with Gasteiger partial charge in [0.15, 0.2) is 0 Å². The van der Waals surface area contributed by atoms with Crippen LogP contribution in [0.4, 0.5) is 5.95 Å². The van der Waals surface area contributed by atoms with Crippen molar-refractivity contribution < 1.29 is 5.11 Å². The van der Waals surface area contributed by atoms with Gasteiger partial charge in [-0.1, -0.05) is 6.07 Å². The zero-order valence-corrected chi connectivity index (χ0v) is 16.0. The van der Waals surface area contributed by atoms with Gasteiger partial charge in [-0.2, -0.15) is 4.98 Å². The van der Waals surface area contributed by atoms with E-state index in [9.17, 15) is 5.11 Å². The molecule has 0 radical (unpaired) electrons. The molecule has 4 rings (SSSR count). The van der Waals surface area contributed by atoms with Gasteiger partial charge in [0, 0.05) is 50.1 Å². The first-order valence-corrected chi connectivity index (χ1v) is 9.92. The fourth-order valence-corrected chi connectivity index (χ4v) is 4.11. The monoisotopic (exact) mass is 382 g/mol. The SMILES string of the molecule is CNc1ncc(CN2CCC[C@H](c3nc(O)cc(-c4cccs4)n3)C2)cn1. The van der Waals surface area contributed by atoms with Gasteiger partial charge in [0.2, 0.25) is 11.8 Å². The summed E-state index contributed by atoms with van der Waals surface area (Å²) >= 11 is 1.61. The number of piperidine rings is 1. The van der Waals surface area contributed by atoms with E-state index < -0.39 is 0 Å². The normalized spacial score (nSPS) is 17.7. The smallest absolute Gasteiger partial charge is 0.222 e. The molecule has 0 aliphatic carbocycles. The Kier molecular flexibility index (Phi) is 5.26. The van der Waals surface area contributed by atoms with Crippen LogP contribution in [0.3, 0.4) is 0 Å². The van der Waals surface area contributed by atoms with Crippen LogP contribution in [0.1, 0.15) is 30.1 Å². The molecule has 7 nitrogen and oxygen atoms in total. The first kappa shape index (κ1) is 17.8. The van der Waals surface area contributed by atoms with Crippen LogP contribution in [-0.2, 0) is 6.54 Å². The van der Waals surface area contributed by atoms with Crippen molar-refractivity contribution in [3.05, 3.63) is 47.4 Å². The van der Waals surface area contributed by atoms with E-state index in [1.54, 1.807) is 17.4 Å². The summed E-state index contributed by atoms with van der Waals surface area (Å²) in [5.74, 6) is 1.60. The van der Waals surface area contributed by atoms with Crippen LogP contribution in [-0.4, -0.2) is 50.1 Å². The van der Waals surface area contributed by atoms with Gasteiger partial charge in [-0.15, -0.1) is 11.3 Å². The van der Waals surface area contributed by atoms with Gasteiger partial charge >= 0.3 is 0 Å².